The van der Waals surface area contributed by atoms with Crippen molar-refractivity contribution in [3.05, 3.63) is 70.7 Å². The first-order chi connectivity index (χ1) is 14.1. The minimum absolute atomic E-state index is 0.114. The Labute approximate surface area is 168 Å². The van der Waals surface area contributed by atoms with E-state index in [1.54, 1.807) is 24.3 Å². The van der Waals surface area contributed by atoms with Crippen molar-refractivity contribution in [2.45, 2.75) is 18.8 Å². The van der Waals surface area contributed by atoms with Crippen molar-refractivity contribution in [3.63, 3.8) is 0 Å². The van der Waals surface area contributed by atoms with Gasteiger partial charge in [-0.1, -0.05) is 18.2 Å². The quantitative estimate of drug-likeness (QED) is 0.675. The van der Waals surface area contributed by atoms with Gasteiger partial charge in [0, 0.05) is 30.3 Å². The lowest BCUT2D eigenvalue weighted by molar-refractivity contribution is 0.413. The summed E-state index contributed by atoms with van der Waals surface area (Å²) in [6.07, 6.45) is 1.57. The first-order valence-corrected chi connectivity index (χ1v) is 9.32. The second-order valence-electron chi connectivity index (χ2n) is 6.77. The summed E-state index contributed by atoms with van der Waals surface area (Å²) in [5.74, 6) is 1.27. The smallest absolute Gasteiger partial charge is 0.229 e. The fraction of sp³-hybridized carbons (Fsp3) is 0.227. The molecule has 0 saturated carbocycles. The SMILES string of the molecule is CNc1nc(Nc2ccc(C#N)c(OC)c2)nc2c1CC[C@@H]2c1ccccc1F. The Morgan fingerprint density at radius 2 is 2.03 bits per heavy atom. The number of fused-ring (bicyclic) bond motifs is 1. The van der Waals surface area contributed by atoms with Crippen molar-refractivity contribution in [2.75, 3.05) is 24.8 Å². The normalized spacial score (nSPS) is 14.8. The molecule has 2 aromatic carbocycles. The van der Waals surface area contributed by atoms with E-state index in [4.69, 9.17) is 15.0 Å². The molecule has 1 aliphatic carbocycles. The Bertz CT molecular complexity index is 1110. The van der Waals surface area contributed by atoms with Crippen molar-refractivity contribution in [1.82, 2.24) is 9.97 Å². The highest BCUT2D eigenvalue weighted by Crippen LogP contribution is 2.41. The van der Waals surface area contributed by atoms with Gasteiger partial charge < -0.3 is 15.4 Å². The molecular formula is C22H20FN5O. The van der Waals surface area contributed by atoms with E-state index in [9.17, 15) is 4.39 Å². The molecule has 1 aromatic heterocycles. The van der Waals surface area contributed by atoms with Crippen LogP contribution in [0.25, 0.3) is 0 Å². The summed E-state index contributed by atoms with van der Waals surface area (Å²) in [7, 11) is 3.33. The van der Waals surface area contributed by atoms with Crippen LogP contribution in [0.2, 0.25) is 0 Å². The van der Waals surface area contributed by atoms with E-state index < -0.39 is 0 Å². The third-order valence-electron chi connectivity index (χ3n) is 5.15. The predicted molar refractivity (Wildman–Crippen MR) is 109 cm³/mol. The first kappa shape index (κ1) is 18.7. The molecule has 7 heteroatoms. The second-order valence-corrected chi connectivity index (χ2v) is 6.77. The Kier molecular flexibility index (Phi) is 5.00. The summed E-state index contributed by atoms with van der Waals surface area (Å²) in [5, 5.41) is 15.5. The molecule has 29 heavy (non-hydrogen) atoms. The molecular weight excluding hydrogens is 369 g/mol. The molecule has 0 amide bonds. The maximum Gasteiger partial charge on any atom is 0.229 e. The highest BCUT2D eigenvalue weighted by Gasteiger charge is 2.30. The molecule has 0 aliphatic heterocycles. The number of nitrogens with one attached hydrogen (secondary N) is 2. The molecule has 146 valence electrons. The van der Waals surface area contributed by atoms with Crippen LogP contribution in [0.15, 0.2) is 42.5 Å². The van der Waals surface area contributed by atoms with Crippen LogP contribution in [-0.2, 0) is 6.42 Å². The van der Waals surface area contributed by atoms with Crippen molar-refractivity contribution in [3.8, 4) is 11.8 Å². The highest BCUT2D eigenvalue weighted by molar-refractivity contribution is 5.63. The molecule has 1 aliphatic rings. The Hall–Kier alpha value is -3.66. The van der Waals surface area contributed by atoms with E-state index in [-0.39, 0.29) is 11.7 Å². The van der Waals surface area contributed by atoms with Crippen molar-refractivity contribution in [1.29, 1.82) is 5.26 Å². The molecule has 0 radical (unpaired) electrons. The van der Waals surface area contributed by atoms with Gasteiger partial charge in [-0.25, -0.2) is 9.37 Å². The summed E-state index contributed by atoms with van der Waals surface area (Å²) < 4.78 is 19.7. The lowest BCUT2D eigenvalue weighted by Gasteiger charge is -2.15. The van der Waals surface area contributed by atoms with E-state index in [2.05, 4.69) is 21.7 Å². The number of anilines is 3. The number of nitriles is 1. The number of aromatic nitrogens is 2. The number of nitrogens with zero attached hydrogens (tertiary/aromatic N) is 3. The molecule has 0 fully saturated rings. The molecule has 4 rings (SSSR count). The van der Waals surface area contributed by atoms with E-state index in [1.807, 2.05) is 19.2 Å². The standard InChI is InChI=1S/C22H20FN5O/c1-25-21-17-10-9-16(15-5-3-4-6-18(15)23)20(17)27-22(28-21)26-14-8-7-13(12-24)19(11-14)29-2/h3-8,11,16H,9-10H2,1-2H3,(H2,25,26,27,28)/t16-/m1/s1. The third kappa shape index (κ3) is 3.45. The summed E-state index contributed by atoms with van der Waals surface area (Å²) in [4.78, 5) is 9.29. The molecule has 3 aromatic rings. The van der Waals surface area contributed by atoms with Gasteiger partial charge in [-0.2, -0.15) is 10.2 Å². The van der Waals surface area contributed by atoms with Crippen LogP contribution in [0.1, 0.15) is 34.7 Å². The minimum atomic E-state index is -0.221. The molecule has 1 heterocycles. The van der Waals surface area contributed by atoms with E-state index in [0.29, 0.717) is 28.5 Å². The number of hydrogen-bond acceptors (Lipinski definition) is 6. The zero-order valence-electron chi connectivity index (χ0n) is 16.2. The van der Waals surface area contributed by atoms with Gasteiger partial charge in [-0.15, -0.1) is 0 Å². The first-order valence-electron chi connectivity index (χ1n) is 9.32. The molecule has 1 atom stereocenters. The molecule has 0 bridgehead atoms. The van der Waals surface area contributed by atoms with Crippen LogP contribution in [0.3, 0.4) is 0 Å². The number of ether oxygens (including phenoxy) is 1. The predicted octanol–water partition coefficient (Wildman–Crippen LogP) is 4.36. The largest absolute Gasteiger partial charge is 0.495 e. The number of methoxy groups -OCH3 is 1. The maximum atomic E-state index is 14.4. The summed E-state index contributed by atoms with van der Waals surface area (Å²) >= 11 is 0. The molecule has 0 spiro atoms. The molecule has 6 nitrogen and oxygen atoms in total. The third-order valence-corrected chi connectivity index (χ3v) is 5.15. The molecule has 2 N–H and O–H groups in total. The van der Waals surface area contributed by atoms with E-state index in [1.165, 1.54) is 13.2 Å². The van der Waals surface area contributed by atoms with E-state index >= 15 is 0 Å². The zero-order chi connectivity index (χ0) is 20.4. The van der Waals surface area contributed by atoms with Crippen LogP contribution < -0.4 is 15.4 Å². The van der Waals surface area contributed by atoms with Crippen LogP contribution in [-0.4, -0.2) is 24.1 Å². The summed E-state index contributed by atoms with van der Waals surface area (Å²) in [6.45, 7) is 0. The average molecular weight is 389 g/mol. The number of hydrogen-bond donors (Lipinski definition) is 2. The van der Waals surface area contributed by atoms with Crippen LogP contribution in [0.4, 0.5) is 21.8 Å². The minimum Gasteiger partial charge on any atom is -0.495 e. The number of benzene rings is 2. The maximum absolute atomic E-state index is 14.4. The Balaban J connectivity index is 1.73. The molecule has 0 unspecified atom stereocenters. The van der Waals surface area contributed by atoms with Gasteiger partial charge in [-0.05, 0) is 36.6 Å². The van der Waals surface area contributed by atoms with Gasteiger partial charge in [0.1, 0.15) is 23.5 Å². The monoisotopic (exact) mass is 389 g/mol. The van der Waals surface area contributed by atoms with Crippen molar-refractivity contribution in [2.24, 2.45) is 0 Å². The molecule has 0 saturated heterocycles. The average Bonchev–Trinajstić information content (AvgIpc) is 3.17. The van der Waals surface area contributed by atoms with Crippen molar-refractivity contribution < 1.29 is 9.13 Å². The van der Waals surface area contributed by atoms with Gasteiger partial charge in [0.05, 0.1) is 18.4 Å². The Morgan fingerprint density at radius 3 is 2.76 bits per heavy atom. The van der Waals surface area contributed by atoms with Crippen LogP contribution in [0, 0.1) is 17.1 Å². The zero-order valence-corrected chi connectivity index (χ0v) is 16.2. The van der Waals surface area contributed by atoms with Crippen LogP contribution in [0.5, 0.6) is 5.75 Å². The Morgan fingerprint density at radius 1 is 1.21 bits per heavy atom. The van der Waals surface area contributed by atoms with Gasteiger partial charge in [0.15, 0.2) is 0 Å². The lowest BCUT2D eigenvalue weighted by atomic mass is 9.96. The van der Waals surface area contributed by atoms with Gasteiger partial charge in [0.25, 0.3) is 0 Å². The second kappa shape index (κ2) is 7.76. The number of rotatable bonds is 5. The van der Waals surface area contributed by atoms with Gasteiger partial charge in [-0.3, -0.25) is 0 Å². The van der Waals surface area contributed by atoms with Gasteiger partial charge in [0.2, 0.25) is 5.95 Å². The van der Waals surface area contributed by atoms with E-state index in [0.717, 1.165) is 29.9 Å². The summed E-state index contributed by atoms with van der Waals surface area (Å²) in [5.41, 5.74) is 3.64. The highest BCUT2D eigenvalue weighted by atomic mass is 19.1. The topological polar surface area (TPSA) is 82.9 Å². The van der Waals surface area contributed by atoms with Crippen LogP contribution >= 0.6 is 0 Å². The summed E-state index contributed by atoms with van der Waals surface area (Å²) in [6, 6.07) is 14.1. The fourth-order valence-corrected chi connectivity index (χ4v) is 3.77. The fourth-order valence-electron chi connectivity index (χ4n) is 3.77. The number of halogens is 1. The van der Waals surface area contributed by atoms with Gasteiger partial charge >= 0.3 is 0 Å². The van der Waals surface area contributed by atoms with Crippen molar-refractivity contribution >= 4 is 17.5 Å². The lowest BCUT2D eigenvalue weighted by Crippen LogP contribution is -2.08.